The number of amides is 2. The summed E-state index contributed by atoms with van der Waals surface area (Å²) in [6.45, 7) is 6.37. The molecule has 0 fully saturated rings. The molecule has 1 aromatic carbocycles. The quantitative estimate of drug-likeness (QED) is 0.331. The number of fused-ring (bicyclic) bond motifs is 1. The Morgan fingerprint density at radius 3 is 2.91 bits per heavy atom. The lowest BCUT2D eigenvalue weighted by atomic mass is 9.96. The Bertz CT molecular complexity index is 1300. The normalized spacial score (nSPS) is 12.5. The van der Waals surface area contributed by atoms with Crippen molar-refractivity contribution in [2.45, 2.75) is 50.9 Å². The monoisotopic (exact) mass is 506 g/mol. The van der Waals surface area contributed by atoms with Gasteiger partial charge in [0.2, 0.25) is 5.91 Å². The van der Waals surface area contributed by atoms with Crippen LogP contribution in [0, 0.1) is 18.3 Å². The van der Waals surface area contributed by atoms with E-state index in [1.165, 1.54) is 28.0 Å². The van der Waals surface area contributed by atoms with Crippen molar-refractivity contribution in [3.05, 3.63) is 69.9 Å². The summed E-state index contributed by atoms with van der Waals surface area (Å²) in [7, 11) is 0. The Labute approximate surface area is 212 Å². The average Bonchev–Trinajstić information content (AvgIpc) is 3.41. The van der Waals surface area contributed by atoms with Gasteiger partial charge in [0.1, 0.15) is 11.1 Å². The van der Waals surface area contributed by atoms with Gasteiger partial charge in [0, 0.05) is 17.0 Å². The van der Waals surface area contributed by atoms with Gasteiger partial charge in [0.05, 0.1) is 17.9 Å². The van der Waals surface area contributed by atoms with E-state index in [9.17, 15) is 14.9 Å². The summed E-state index contributed by atoms with van der Waals surface area (Å²) in [5.74, 6) is 0.305. The Morgan fingerprint density at radius 1 is 1.31 bits per heavy atom. The maximum atomic E-state index is 12.7. The number of aryl methyl sites for hydroxylation is 2. The third-order valence-electron chi connectivity index (χ3n) is 5.66. The van der Waals surface area contributed by atoms with Crippen LogP contribution in [-0.4, -0.2) is 32.3 Å². The molecule has 1 aliphatic rings. The first-order valence-electron chi connectivity index (χ1n) is 11.3. The summed E-state index contributed by atoms with van der Waals surface area (Å²) in [5.41, 5.74) is 3.28. The van der Waals surface area contributed by atoms with E-state index >= 15 is 0 Å². The minimum absolute atomic E-state index is 0.123. The zero-order valence-corrected chi connectivity index (χ0v) is 21.1. The molecule has 0 unspecified atom stereocenters. The number of rotatable bonds is 9. The minimum atomic E-state index is -0.201. The number of carbonyl (C=O) groups is 2. The second-order valence-electron chi connectivity index (χ2n) is 8.21. The van der Waals surface area contributed by atoms with Gasteiger partial charge in [0.15, 0.2) is 11.0 Å². The maximum absolute atomic E-state index is 12.7. The fraction of sp³-hybridized carbons (Fsp3) is 0.320. The second-order valence-corrected chi connectivity index (χ2v) is 10.3. The molecule has 0 spiro atoms. The van der Waals surface area contributed by atoms with Crippen LogP contribution in [0.15, 0.2) is 42.1 Å². The van der Waals surface area contributed by atoms with Crippen LogP contribution in [0.1, 0.15) is 50.6 Å². The molecule has 0 bridgehead atoms. The Kier molecular flexibility index (Phi) is 8.00. The number of benzene rings is 1. The molecular weight excluding hydrogens is 480 g/mol. The van der Waals surface area contributed by atoms with E-state index < -0.39 is 0 Å². The number of nitrogens with zero attached hydrogens (tertiary/aromatic N) is 4. The smallest absolute Gasteiger partial charge is 0.251 e. The third-order valence-corrected chi connectivity index (χ3v) is 7.83. The number of anilines is 1. The molecule has 2 N–H and O–H groups in total. The first-order valence-corrected chi connectivity index (χ1v) is 13.2. The molecule has 0 radical (unpaired) electrons. The van der Waals surface area contributed by atoms with E-state index in [2.05, 4.69) is 33.5 Å². The van der Waals surface area contributed by atoms with E-state index in [0.717, 1.165) is 36.8 Å². The summed E-state index contributed by atoms with van der Waals surface area (Å²) in [6.07, 6.45) is 5.78. The molecule has 180 valence electrons. The highest BCUT2D eigenvalue weighted by atomic mass is 32.2. The highest BCUT2D eigenvalue weighted by Crippen LogP contribution is 2.37. The van der Waals surface area contributed by atoms with Crippen molar-refractivity contribution >= 4 is 39.9 Å². The van der Waals surface area contributed by atoms with Crippen LogP contribution >= 0.6 is 23.1 Å². The van der Waals surface area contributed by atoms with Crippen molar-refractivity contribution in [3.8, 4) is 6.07 Å². The highest BCUT2D eigenvalue weighted by Gasteiger charge is 2.22. The number of allylic oxidation sites excluding steroid dienone is 1. The number of carbonyl (C=O) groups excluding carboxylic acids is 2. The SMILES string of the molecule is C=CCn1c(CNC(=O)c2cccc(C)c2)nnc1SCC(=O)Nc1sc2c(c1C#N)CCCC2. The van der Waals surface area contributed by atoms with Crippen molar-refractivity contribution in [1.82, 2.24) is 20.1 Å². The average molecular weight is 507 g/mol. The molecule has 8 nitrogen and oxygen atoms in total. The molecule has 2 aromatic heterocycles. The lowest BCUT2D eigenvalue weighted by Gasteiger charge is -2.09. The number of thiophene rings is 1. The first-order chi connectivity index (χ1) is 17.0. The predicted octanol–water partition coefficient (Wildman–Crippen LogP) is 4.25. The number of nitriles is 1. The number of thioether (sulfide) groups is 1. The van der Waals surface area contributed by atoms with Crippen LogP contribution in [-0.2, 0) is 30.7 Å². The molecular formula is C25H26N6O2S2. The molecule has 0 saturated heterocycles. The molecule has 2 amide bonds. The largest absolute Gasteiger partial charge is 0.345 e. The van der Waals surface area contributed by atoms with Gasteiger partial charge >= 0.3 is 0 Å². The Hall–Kier alpha value is -3.42. The molecule has 4 rings (SSSR count). The van der Waals surface area contributed by atoms with Gasteiger partial charge < -0.3 is 15.2 Å². The van der Waals surface area contributed by atoms with Gasteiger partial charge in [-0.15, -0.1) is 28.1 Å². The summed E-state index contributed by atoms with van der Waals surface area (Å²) in [4.78, 5) is 26.4. The summed E-state index contributed by atoms with van der Waals surface area (Å²) >= 11 is 2.76. The topological polar surface area (TPSA) is 113 Å². The standard InChI is InChI=1S/C25H26N6O2S2/c1-3-11-31-21(14-27-23(33)17-8-6-7-16(2)12-17)29-30-25(31)34-15-22(32)28-24-19(13-26)18-9-4-5-10-20(18)35-24/h3,6-8,12H,1,4-5,9-11,14-15H2,2H3,(H,27,33)(H,28,32). The first kappa shape index (κ1) is 24.7. The summed E-state index contributed by atoms with van der Waals surface area (Å²) in [5, 5.41) is 25.0. The molecule has 0 aliphatic heterocycles. The lowest BCUT2D eigenvalue weighted by Crippen LogP contribution is -2.25. The number of nitrogens with one attached hydrogen (secondary N) is 2. The van der Waals surface area contributed by atoms with E-state index in [-0.39, 0.29) is 24.1 Å². The Morgan fingerprint density at radius 2 is 2.14 bits per heavy atom. The molecule has 0 atom stereocenters. The molecule has 1 aliphatic carbocycles. The van der Waals surface area contributed by atoms with Crippen molar-refractivity contribution in [1.29, 1.82) is 5.26 Å². The van der Waals surface area contributed by atoms with E-state index in [4.69, 9.17) is 0 Å². The van der Waals surface area contributed by atoms with Gasteiger partial charge in [0.25, 0.3) is 5.91 Å². The van der Waals surface area contributed by atoms with Gasteiger partial charge in [-0.05, 0) is 50.3 Å². The zero-order chi connectivity index (χ0) is 24.8. The fourth-order valence-corrected chi connectivity index (χ4v) is 6.00. The lowest BCUT2D eigenvalue weighted by molar-refractivity contribution is -0.113. The van der Waals surface area contributed by atoms with Crippen LogP contribution in [0.5, 0.6) is 0 Å². The van der Waals surface area contributed by atoms with Crippen LogP contribution in [0.4, 0.5) is 5.00 Å². The van der Waals surface area contributed by atoms with Crippen molar-refractivity contribution in [3.63, 3.8) is 0 Å². The minimum Gasteiger partial charge on any atom is -0.345 e. The fourth-order valence-electron chi connectivity index (χ4n) is 3.98. The van der Waals surface area contributed by atoms with Crippen LogP contribution < -0.4 is 10.6 Å². The predicted molar refractivity (Wildman–Crippen MR) is 138 cm³/mol. The molecule has 2 heterocycles. The summed E-state index contributed by atoms with van der Waals surface area (Å²) < 4.78 is 1.83. The maximum Gasteiger partial charge on any atom is 0.251 e. The van der Waals surface area contributed by atoms with E-state index in [0.29, 0.717) is 33.7 Å². The highest BCUT2D eigenvalue weighted by molar-refractivity contribution is 7.99. The molecule has 35 heavy (non-hydrogen) atoms. The van der Waals surface area contributed by atoms with Gasteiger partial charge in [-0.3, -0.25) is 9.59 Å². The van der Waals surface area contributed by atoms with E-state index in [1.807, 2.05) is 29.7 Å². The van der Waals surface area contributed by atoms with Crippen molar-refractivity contribution in [2.24, 2.45) is 0 Å². The Balaban J connectivity index is 1.38. The third kappa shape index (κ3) is 5.81. The van der Waals surface area contributed by atoms with Crippen LogP contribution in [0.25, 0.3) is 0 Å². The number of aromatic nitrogens is 3. The van der Waals surface area contributed by atoms with Gasteiger partial charge in [-0.2, -0.15) is 5.26 Å². The van der Waals surface area contributed by atoms with Gasteiger partial charge in [-0.25, -0.2) is 0 Å². The summed E-state index contributed by atoms with van der Waals surface area (Å²) in [6, 6.07) is 9.63. The van der Waals surface area contributed by atoms with Crippen molar-refractivity contribution in [2.75, 3.05) is 11.1 Å². The molecule has 0 saturated carbocycles. The molecule has 10 heteroatoms. The van der Waals surface area contributed by atoms with E-state index in [1.54, 1.807) is 12.1 Å². The van der Waals surface area contributed by atoms with Crippen LogP contribution in [0.2, 0.25) is 0 Å². The number of hydrogen-bond donors (Lipinski definition) is 2. The van der Waals surface area contributed by atoms with Gasteiger partial charge in [-0.1, -0.05) is 35.5 Å². The number of hydrogen-bond acceptors (Lipinski definition) is 7. The zero-order valence-electron chi connectivity index (χ0n) is 19.5. The second kappa shape index (κ2) is 11.3. The van der Waals surface area contributed by atoms with Crippen LogP contribution in [0.3, 0.4) is 0 Å². The van der Waals surface area contributed by atoms with Crippen molar-refractivity contribution < 1.29 is 9.59 Å². The molecule has 3 aromatic rings.